The van der Waals surface area contributed by atoms with Crippen molar-refractivity contribution in [2.75, 3.05) is 13.1 Å². The summed E-state index contributed by atoms with van der Waals surface area (Å²) in [5, 5.41) is 12.6. The first kappa shape index (κ1) is 20.2. The summed E-state index contributed by atoms with van der Waals surface area (Å²) in [5.74, 6) is -0.232. The molecule has 0 bridgehead atoms. The second-order valence-corrected chi connectivity index (χ2v) is 7.03. The molecule has 2 amide bonds. The van der Waals surface area contributed by atoms with Gasteiger partial charge >= 0.3 is 0 Å². The number of benzene rings is 1. The van der Waals surface area contributed by atoms with Gasteiger partial charge in [-0.05, 0) is 31.6 Å². The molecular formula is C21H20N6O4. The van der Waals surface area contributed by atoms with Crippen LogP contribution in [0.4, 0.5) is 0 Å². The summed E-state index contributed by atoms with van der Waals surface area (Å²) in [6.45, 7) is 3.34. The molecule has 0 radical (unpaired) electrons. The zero-order valence-electron chi connectivity index (χ0n) is 16.7. The molecule has 2 aliphatic heterocycles. The number of aliphatic imine (C=N–C) groups is 2. The Labute approximate surface area is 178 Å². The van der Waals surface area contributed by atoms with E-state index in [1.54, 1.807) is 17.2 Å². The third-order valence-electron chi connectivity index (χ3n) is 4.62. The summed E-state index contributed by atoms with van der Waals surface area (Å²) >= 11 is 0. The second kappa shape index (κ2) is 8.74. The largest absolute Gasteiger partial charge is 0.508 e. The van der Waals surface area contributed by atoms with Crippen LogP contribution in [0.3, 0.4) is 0 Å². The Morgan fingerprint density at radius 1 is 1.19 bits per heavy atom. The molecule has 0 saturated carbocycles. The van der Waals surface area contributed by atoms with Crippen LogP contribution in [-0.4, -0.2) is 63.0 Å². The van der Waals surface area contributed by atoms with Crippen LogP contribution in [-0.2, 0) is 0 Å². The molecule has 1 saturated heterocycles. The summed E-state index contributed by atoms with van der Waals surface area (Å²) < 4.78 is 5.60. The molecule has 0 spiro atoms. The lowest BCUT2D eigenvalue weighted by molar-refractivity contribution is 0.0645. The van der Waals surface area contributed by atoms with Crippen LogP contribution in [0, 0.1) is 0 Å². The van der Waals surface area contributed by atoms with Gasteiger partial charge in [-0.25, -0.2) is 15.0 Å². The topological polar surface area (TPSA) is 129 Å². The van der Waals surface area contributed by atoms with Gasteiger partial charge in [0.25, 0.3) is 11.8 Å². The number of carbonyl (C=O) groups is 2. The predicted octanol–water partition coefficient (Wildman–Crippen LogP) is 1.94. The standard InChI is InChI=1S/C21H20N6O4/c1-13-3-4-22-18(11-23-13)26-20(29)14-7-15(28)9-16(8-14)31-19-12-24-17(10-25-19)21(30)27-5-2-6-27/h3-4,7-13,28H,2,5-6H2,1H3,(H,22,26,29). The molecule has 4 rings (SSSR count). The smallest absolute Gasteiger partial charge is 0.274 e. The molecule has 1 atom stereocenters. The maximum Gasteiger partial charge on any atom is 0.274 e. The number of amidine groups is 1. The predicted molar refractivity (Wildman–Crippen MR) is 113 cm³/mol. The highest BCUT2D eigenvalue weighted by Gasteiger charge is 2.23. The number of likely N-dealkylation sites (tertiary alicyclic amines) is 1. The van der Waals surface area contributed by atoms with E-state index in [0.717, 1.165) is 19.5 Å². The first-order valence-electron chi connectivity index (χ1n) is 9.70. The Balaban J connectivity index is 1.45. The maximum absolute atomic E-state index is 12.6. The molecule has 3 heterocycles. The van der Waals surface area contributed by atoms with E-state index in [4.69, 9.17) is 4.74 Å². The maximum atomic E-state index is 12.6. The second-order valence-electron chi connectivity index (χ2n) is 7.03. The molecule has 158 valence electrons. The molecule has 10 nitrogen and oxygen atoms in total. The number of ether oxygens (including phenoxy) is 1. The summed E-state index contributed by atoms with van der Waals surface area (Å²) in [5.41, 5.74) is 0.391. The molecule has 2 N–H and O–H groups in total. The van der Waals surface area contributed by atoms with Crippen molar-refractivity contribution in [1.29, 1.82) is 0 Å². The van der Waals surface area contributed by atoms with E-state index in [-0.39, 0.29) is 46.4 Å². The number of aromatic nitrogens is 2. The summed E-state index contributed by atoms with van der Waals surface area (Å²) in [7, 11) is 0. The number of phenolic OH excluding ortho intramolecular Hbond substituents is 1. The van der Waals surface area contributed by atoms with Crippen molar-refractivity contribution in [3.05, 3.63) is 54.1 Å². The average molecular weight is 420 g/mol. The van der Waals surface area contributed by atoms with E-state index in [1.807, 2.05) is 6.92 Å². The molecule has 2 aliphatic rings. The van der Waals surface area contributed by atoms with Crippen molar-refractivity contribution in [1.82, 2.24) is 20.2 Å². The fraction of sp³-hybridized carbons (Fsp3) is 0.238. The Morgan fingerprint density at radius 2 is 2.03 bits per heavy atom. The van der Waals surface area contributed by atoms with Crippen LogP contribution in [0.25, 0.3) is 0 Å². The van der Waals surface area contributed by atoms with Crippen molar-refractivity contribution in [2.45, 2.75) is 19.4 Å². The molecular weight excluding hydrogens is 400 g/mol. The van der Waals surface area contributed by atoms with E-state index >= 15 is 0 Å². The molecule has 1 aromatic heterocycles. The number of hydrogen-bond acceptors (Lipinski definition) is 8. The molecule has 1 unspecified atom stereocenters. The zero-order valence-corrected chi connectivity index (χ0v) is 16.7. The van der Waals surface area contributed by atoms with Crippen molar-refractivity contribution >= 4 is 23.9 Å². The molecule has 10 heteroatoms. The summed E-state index contributed by atoms with van der Waals surface area (Å²) in [4.78, 5) is 42.9. The van der Waals surface area contributed by atoms with Crippen LogP contribution >= 0.6 is 0 Å². The van der Waals surface area contributed by atoms with E-state index in [0.29, 0.717) is 0 Å². The van der Waals surface area contributed by atoms with Crippen molar-refractivity contribution in [3.63, 3.8) is 0 Å². The van der Waals surface area contributed by atoms with Gasteiger partial charge in [0.2, 0.25) is 5.88 Å². The summed E-state index contributed by atoms with van der Waals surface area (Å²) in [6, 6.07) is 4.05. The number of carbonyl (C=O) groups excluding carboxylic acids is 2. The van der Waals surface area contributed by atoms with Gasteiger partial charge in [0.1, 0.15) is 17.2 Å². The average Bonchev–Trinajstić information content (AvgIpc) is 2.91. The van der Waals surface area contributed by atoms with E-state index in [9.17, 15) is 14.7 Å². The highest BCUT2D eigenvalue weighted by Crippen LogP contribution is 2.26. The molecule has 2 aromatic rings. The van der Waals surface area contributed by atoms with Gasteiger partial charge in [0.15, 0.2) is 5.84 Å². The van der Waals surface area contributed by atoms with E-state index in [2.05, 4.69) is 25.3 Å². The lowest BCUT2D eigenvalue weighted by atomic mass is 10.2. The van der Waals surface area contributed by atoms with Crippen molar-refractivity contribution in [3.8, 4) is 17.4 Å². The number of rotatable bonds is 4. The monoisotopic (exact) mass is 420 g/mol. The van der Waals surface area contributed by atoms with Crippen LogP contribution in [0.5, 0.6) is 17.4 Å². The number of aromatic hydroxyl groups is 1. The Hall–Kier alpha value is -4.08. The van der Waals surface area contributed by atoms with E-state index in [1.165, 1.54) is 36.8 Å². The number of nitrogens with zero attached hydrogens (tertiary/aromatic N) is 5. The van der Waals surface area contributed by atoms with Gasteiger partial charge in [0, 0.05) is 30.9 Å². The lowest BCUT2D eigenvalue weighted by Gasteiger charge is -2.30. The van der Waals surface area contributed by atoms with Crippen LogP contribution in [0.15, 0.2) is 52.9 Å². The first-order chi connectivity index (χ1) is 15.0. The molecule has 0 aliphatic carbocycles. The van der Waals surface area contributed by atoms with Crippen LogP contribution in [0.2, 0.25) is 0 Å². The number of phenols is 1. The lowest BCUT2D eigenvalue weighted by Crippen LogP contribution is -2.42. The Kier molecular flexibility index (Phi) is 5.69. The van der Waals surface area contributed by atoms with Crippen molar-refractivity contribution in [2.24, 2.45) is 9.98 Å². The minimum Gasteiger partial charge on any atom is -0.508 e. The van der Waals surface area contributed by atoms with Gasteiger partial charge in [-0.1, -0.05) is 0 Å². The van der Waals surface area contributed by atoms with Gasteiger partial charge in [-0.2, -0.15) is 0 Å². The molecule has 1 fully saturated rings. The minimum absolute atomic E-state index is 0.0346. The fourth-order valence-corrected chi connectivity index (χ4v) is 2.83. The molecule has 1 aromatic carbocycles. The zero-order chi connectivity index (χ0) is 21.8. The van der Waals surface area contributed by atoms with Gasteiger partial charge in [-0.15, -0.1) is 0 Å². The third kappa shape index (κ3) is 4.92. The summed E-state index contributed by atoms with van der Waals surface area (Å²) in [6.07, 6.45) is 8.48. The highest BCUT2D eigenvalue weighted by atomic mass is 16.5. The van der Waals surface area contributed by atoms with Gasteiger partial charge < -0.3 is 20.1 Å². The number of amides is 2. The Morgan fingerprint density at radius 3 is 2.74 bits per heavy atom. The normalized spacial score (nSPS) is 17.4. The molecule has 31 heavy (non-hydrogen) atoms. The third-order valence-corrected chi connectivity index (χ3v) is 4.62. The Bertz CT molecular complexity index is 1090. The van der Waals surface area contributed by atoms with E-state index < -0.39 is 5.91 Å². The van der Waals surface area contributed by atoms with Gasteiger partial charge in [0.05, 0.1) is 24.7 Å². The van der Waals surface area contributed by atoms with Gasteiger partial charge in [-0.3, -0.25) is 14.6 Å². The van der Waals surface area contributed by atoms with Crippen LogP contribution < -0.4 is 10.1 Å². The first-order valence-corrected chi connectivity index (χ1v) is 9.70. The number of nitrogens with one attached hydrogen (secondary N) is 1. The number of hydrogen-bond donors (Lipinski definition) is 2. The highest BCUT2D eigenvalue weighted by molar-refractivity contribution is 6.34. The SMILES string of the molecule is CC1C=CN=C(NC(=O)c2cc(O)cc(Oc3cnc(C(=O)N4CCC4)cn3)c2)C=N1. The quantitative estimate of drug-likeness (QED) is 0.778. The van der Waals surface area contributed by atoms with Crippen molar-refractivity contribution < 1.29 is 19.4 Å². The minimum atomic E-state index is -0.490. The van der Waals surface area contributed by atoms with Crippen LogP contribution in [0.1, 0.15) is 34.2 Å². The fourth-order valence-electron chi connectivity index (χ4n) is 2.83.